The Bertz CT molecular complexity index is 573. The molecule has 0 amide bonds. The first kappa shape index (κ1) is 16.2. The summed E-state index contributed by atoms with van der Waals surface area (Å²) in [4.78, 5) is 10.6. The van der Waals surface area contributed by atoms with Crippen molar-refractivity contribution in [1.82, 2.24) is 0 Å². The highest BCUT2D eigenvalue weighted by molar-refractivity contribution is 5.74. The van der Waals surface area contributed by atoms with Gasteiger partial charge in [0.15, 0.2) is 0 Å². The Morgan fingerprint density at radius 2 is 1.68 bits per heavy atom. The third-order valence-electron chi connectivity index (χ3n) is 3.51. The summed E-state index contributed by atoms with van der Waals surface area (Å²) in [5.74, 6) is 0.760. The quantitative estimate of drug-likeness (QED) is 0.670. The Hall–Kier alpha value is -2.13. The lowest BCUT2D eigenvalue weighted by molar-refractivity contribution is 0.0598. The Kier molecular flexibility index (Phi) is 6.16. The van der Waals surface area contributed by atoms with Crippen molar-refractivity contribution in [3.05, 3.63) is 65.2 Å². The fourth-order valence-electron chi connectivity index (χ4n) is 2.29. The van der Waals surface area contributed by atoms with Gasteiger partial charge in [0.05, 0.1) is 6.10 Å². The van der Waals surface area contributed by atoms with E-state index in [1.165, 1.54) is 5.56 Å². The van der Waals surface area contributed by atoms with Crippen LogP contribution in [0.4, 0.5) is 0 Å². The molecule has 0 saturated heterocycles. The molecule has 0 aliphatic carbocycles. The van der Waals surface area contributed by atoms with Gasteiger partial charge in [0.2, 0.25) is 0 Å². The van der Waals surface area contributed by atoms with Crippen molar-refractivity contribution in [2.75, 3.05) is 6.61 Å². The van der Waals surface area contributed by atoms with Gasteiger partial charge in [-0.15, -0.1) is 0 Å². The first-order valence-electron chi connectivity index (χ1n) is 7.65. The Morgan fingerprint density at radius 3 is 2.23 bits per heavy atom. The lowest BCUT2D eigenvalue weighted by Crippen LogP contribution is -2.03. The van der Waals surface area contributed by atoms with Crippen LogP contribution >= 0.6 is 0 Å². The zero-order valence-corrected chi connectivity index (χ0v) is 13.1. The summed E-state index contributed by atoms with van der Waals surface area (Å²) < 4.78 is 11.4. The standard InChI is InChI=1S/C19H22O3/c1-3-19(21-4-2)17-9-5-16(6-10-17)14-22-18-11-7-15(13-20)8-12-18/h5-13,19H,3-4,14H2,1-2H3. The second-order valence-electron chi connectivity index (χ2n) is 5.07. The highest BCUT2D eigenvalue weighted by atomic mass is 16.5. The average molecular weight is 298 g/mol. The van der Waals surface area contributed by atoms with Gasteiger partial charge in [-0.05, 0) is 48.7 Å². The monoisotopic (exact) mass is 298 g/mol. The van der Waals surface area contributed by atoms with E-state index in [0.29, 0.717) is 12.2 Å². The molecule has 0 spiro atoms. The number of hydrogen-bond donors (Lipinski definition) is 0. The third-order valence-corrected chi connectivity index (χ3v) is 3.51. The SMILES string of the molecule is CCOC(CC)c1ccc(COc2ccc(C=O)cc2)cc1. The lowest BCUT2D eigenvalue weighted by Gasteiger charge is -2.15. The molecule has 0 aliphatic heterocycles. The van der Waals surface area contributed by atoms with Crippen molar-refractivity contribution < 1.29 is 14.3 Å². The molecule has 0 aromatic heterocycles. The predicted octanol–water partition coefficient (Wildman–Crippen LogP) is 4.57. The van der Waals surface area contributed by atoms with Crippen LogP contribution < -0.4 is 4.74 Å². The fraction of sp³-hybridized carbons (Fsp3) is 0.316. The molecule has 1 unspecified atom stereocenters. The van der Waals surface area contributed by atoms with E-state index in [2.05, 4.69) is 31.2 Å². The topological polar surface area (TPSA) is 35.5 Å². The van der Waals surface area contributed by atoms with Crippen molar-refractivity contribution in [3.8, 4) is 5.75 Å². The molecule has 0 heterocycles. The van der Waals surface area contributed by atoms with Gasteiger partial charge in [0, 0.05) is 12.2 Å². The largest absolute Gasteiger partial charge is 0.489 e. The molecule has 3 nitrogen and oxygen atoms in total. The van der Waals surface area contributed by atoms with Crippen molar-refractivity contribution in [1.29, 1.82) is 0 Å². The van der Waals surface area contributed by atoms with Gasteiger partial charge < -0.3 is 9.47 Å². The second kappa shape index (κ2) is 8.35. The molecule has 3 heteroatoms. The van der Waals surface area contributed by atoms with E-state index in [1.807, 2.05) is 6.92 Å². The molecule has 0 radical (unpaired) electrons. The first-order valence-corrected chi connectivity index (χ1v) is 7.65. The van der Waals surface area contributed by atoms with E-state index in [1.54, 1.807) is 24.3 Å². The predicted molar refractivity (Wildman–Crippen MR) is 87.3 cm³/mol. The molecule has 22 heavy (non-hydrogen) atoms. The number of aldehydes is 1. The summed E-state index contributed by atoms with van der Waals surface area (Å²) in [6.07, 6.45) is 1.95. The van der Waals surface area contributed by atoms with Crippen molar-refractivity contribution in [2.24, 2.45) is 0 Å². The van der Waals surface area contributed by atoms with Crippen molar-refractivity contribution >= 4 is 6.29 Å². The number of benzene rings is 2. The number of hydrogen-bond acceptors (Lipinski definition) is 3. The van der Waals surface area contributed by atoms with Crippen LogP contribution in [-0.2, 0) is 11.3 Å². The third kappa shape index (κ3) is 4.43. The van der Waals surface area contributed by atoms with Gasteiger partial charge in [-0.3, -0.25) is 4.79 Å². The molecular weight excluding hydrogens is 276 g/mol. The molecular formula is C19H22O3. The van der Waals surface area contributed by atoms with Gasteiger partial charge in [0.1, 0.15) is 18.6 Å². The summed E-state index contributed by atoms with van der Waals surface area (Å²) in [5.41, 5.74) is 2.95. The molecule has 0 fully saturated rings. The highest BCUT2D eigenvalue weighted by Gasteiger charge is 2.08. The first-order chi connectivity index (χ1) is 10.8. The molecule has 1 atom stereocenters. The van der Waals surface area contributed by atoms with E-state index in [-0.39, 0.29) is 6.10 Å². The van der Waals surface area contributed by atoms with E-state index in [4.69, 9.17) is 9.47 Å². The zero-order chi connectivity index (χ0) is 15.8. The van der Waals surface area contributed by atoms with Gasteiger partial charge in [-0.1, -0.05) is 31.2 Å². The molecule has 2 aromatic rings. The molecule has 0 aliphatic rings. The number of carbonyl (C=O) groups is 1. The van der Waals surface area contributed by atoms with Crippen LogP contribution in [-0.4, -0.2) is 12.9 Å². The maximum absolute atomic E-state index is 10.6. The lowest BCUT2D eigenvalue weighted by atomic mass is 10.1. The van der Waals surface area contributed by atoms with Crippen LogP contribution in [0.1, 0.15) is 47.9 Å². The number of carbonyl (C=O) groups excluding carboxylic acids is 1. The number of ether oxygens (including phenoxy) is 2. The van der Waals surface area contributed by atoms with Crippen molar-refractivity contribution in [3.63, 3.8) is 0 Å². The highest BCUT2D eigenvalue weighted by Crippen LogP contribution is 2.21. The molecule has 0 bridgehead atoms. The zero-order valence-electron chi connectivity index (χ0n) is 13.1. The smallest absolute Gasteiger partial charge is 0.150 e. The molecule has 116 valence electrons. The van der Waals surface area contributed by atoms with Crippen LogP contribution in [0.25, 0.3) is 0 Å². The van der Waals surface area contributed by atoms with Crippen LogP contribution in [0.5, 0.6) is 5.75 Å². The summed E-state index contributed by atoms with van der Waals surface area (Å²) in [7, 11) is 0. The summed E-state index contributed by atoms with van der Waals surface area (Å²) in [6, 6.07) is 15.4. The Balaban J connectivity index is 1.94. The second-order valence-corrected chi connectivity index (χ2v) is 5.07. The van der Waals surface area contributed by atoms with E-state index < -0.39 is 0 Å². The van der Waals surface area contributed by atoms with Crippen LogP contribution in [0, 0.1) is 0 Å². The maximum Gasteiger partial charge on any atom is 0.150 e. The summed E-state index contributed by atoms with van der Waals surface area (Å²) in [6.45, 7) is 5.37. The molecule has 0 N–H and O–H groups in total. The van der Waals surface area contributed by atoms with Gasteiger partial charge >= 0.3 is 0 Å². The minimum Gasteiger partial charge on any atom is -0.489 e. The van der Waals surface area contributed by atoms with E-state index in [0.717, 1.165) is 30.6 Å². The number of rotatable bonds is 8. The molecule has 2 aromatic carbocycles. The minimum absolute atomic E-state index is 0.163. The average Bonchev–Trinajstić information content (AvgIpc) is 2.59. The van der Waals surface area contributed by atoms with E-state index >= 15 is 0 Å². The van der Waals surface area contributed by atoms with E-state index in [9.17, 15) is 4.79 Å². The van der Waals surface area contributed by atoms with Crippen LogP contribution in [0.15, 0.2) is 48.5 Å². The summed E-state index contributed by atoms with van der Waals surface area (Å²) in [5, 5.41) is 0. The maximum atomic E-state index is 10.6. The summed E-state index contributed by atoms with van der Waals surface area (Å²) >= 11 is 0. The minimum atomic E-state index is 0.163. The van der Waals surface area contributed by atoms with Crippen LogP contribution in [0.2, 0.25) is 0 Å². The molecule has 0 saturated carbocycles. The van der Waals surface area contributed by atoms with Gasteiger partial charge in [-0.2, -0.15) is 0 Å². The fourth-order valence-corrected chi connectivity index (χ4v) is 2.29. The Morgan fingerprint density at radius 1 is 1.00 bits per heavy atom. The van der Waals surface area contributed by atoms with Gasteiger partial charge in [0.25, 0.3) is 0 Å². The van der Waals surface area contributed by atoms with Gasteiger partial charge in [-0.25, -0.2) is 0 Å². The molecule has 2 rings (SSSR count). The van der Waals surface area contributed by atoms with Crippen molar-refractivity contribution in [2.45, 2.75) is 33.0 Å². The Labute approximate surface area is 131 Å². The van der Waals surface area contributed by atoms with Crippen LogP contribution in [0.3, 0.4) is 0 Å². The normalized spacial score (nSPS) is 11.9.